The van der Waals surface area contributed by atoms with Crippen LogP contribution in [0.4, 0.5) is 11.5 Å². The van der Waals surface area contributed by atoms with Crippen LogP contribution in [0.2, 0.25) is 0 Å². The minimum absolute atomic E-state index is 0.0175. The molecule has 1 fully saturated rings. The van der Waals surface area contributed by atoms with E-state index in [4.69, 9.17) is 10.5 Å². The molecule has 0 unspecified atom stereocenters. The number of carbonyl (C=O) groups excluding carboxylic acids is 2. The first kappa shape index (κ1) is 24.0. The molecule has 1 aliphatic rings. The number of halogens is 1. The topological polar surface area (TPSA) is 124 Å². The zero-order valence-corrected chi connectivity index (χ0v) is 21.4. The second kappa shape index (κ2) is 9.36. The number of ether oxygens (including phenoxy) is 1. The lowest BCUT2D eigenvalue weighted by molar-refractivity contribution is -0.117. The number of hydrogen-bond donors (Lipinski definition) is 3. The number of anilines is 2. The molecular weight excluding hydrogens is 524 g/mol. The van der Waals surface area contributed by atoms with Crippen LogP contribution >= 0.6 is 15.9 Å². The standard InChI is InChI=1S/C26H25BrN6O3/c1-26(2,28)17-5-3-4-16(12-17)25(35)29-18-8-9-19(27)20(13-18)36-23-11-10-22-30-21(14-33(22)32-23)31-24(34)15-6-7-15/h3-5,8-15H,6-7,28H2,1-2H3,(H,29,35)(H,31,34). The van der Waals surface area contributed by atoms with Crippen molar-refractivity contribution < 1.29 is 14.3 Å². The van der Waals surface area contributed by atoms with E-state index in [1.54, 1.807) is 53.2 Å². The van der Waals surface area contributed by atoms with Gasteiger partial charge in [0.15, 0.2) is 11.5 Å². The molecule has 0 bridgehead atoms. The van der Waals surface area contributed by atoms with Crippen molar-refractivity contribution in [2.75, 3.05) is 10.6 Å². The van der Waals surface area contributed by atoms with Gasteiger partial charge in [-0.1, -0.05) is 12.1 Å². The molecule has 0 saturated heterocycles. The van der Waals surface area contributed by atoms with Gasteiger partial charge in [-0.15, -0.1) is 5.10 Å². The predicted molar refractivity (Wildman–Crippen MR) is 140 cm³/mol. The molecule has 1 saturated carbocycles. The number of nitrogens with two attached hydrogens (primary N) is 1. The summed E-state index contributed by atoms with van der Waals surface area (Å²) in [7, 11) is 0. The van der Waals surface area contributed by atoms with Gasteiger partial charge in [0.1, 0.15) is 5.75 Å². The Morgan fingerprint density at radius 1 is 1.11 bits per heavy atom. The van der Waals surface area contributed by atoms with Gasteiger partial charge in [-0.2, -0.15) is 0 Å². The Hall–Kier alpha value is -3.76. The number of imidazole rings is 1. The first-order valence-corrected chi connectivity index (χ1v) is 12.3. The number of benzene rings is 2. The maximum atomic E-state index is 12.9. The van der Waals surface area contributed by atoms with Crippen LogP contribution in [0.3, 0.4) is 0 Å². The minimum Gasteiger partial charge on any atom is -0.436 e. The minimum atomic E-state index is -0.554. The zero-order valence-electron chi connectivity index (χ0n) is 19.8. The van der Waals surface area contributed by atoms with E-state index in [1.165, 1.54) is 0 Å². The van der Waals surface area contributed by atoms with Crippen molar-refractivity contribution in [1.82, 2.24) is 14.6 Å². The van der Waals surface area contributed by atoms with Gasteiger partial charge in [-0.05, 0) is 78.5 Å². The number of nitrogens with zero attached hydrogens (tertiary/aromatic N) is 3. The third-order valence-electron chi connectivity index (χ3n) is 5.77. The quantitative estimate of drug-likeness (QED) is 0.296. The molecule has 0 radical (unpaired) electrons. The van der Waals surface area contributed by atoms with Crippen molar-refractivity contribution in [3.8, 4) is 11.6 Å². The Kier molecular flexibility index (Phi) is 6.23. The van der Waals surface area contributed by atoms with Crippen LogP contribution in [0.15, 0.2) is 65.3 Å². The van der Waals surface area contributed by atoms with E-state index in [0.717, 1.165) is 18.4 Å². The summed E-state index contributed by atoms with van der Waals surface area (Å²) in [5.74, 6) is 1.05. The van der Waals surface area contributed by atoms with Crippen LogP contribution in [0, 0.1) is 5.92 Å². The van der Waals surface area contributed by atoms with E-state index >= 15 is 0 Å². The number of carbonyl (C=O) groups is 2. The monoisotopic (exact) mass is 548 g/mol. The maximum absolute atomic E-state index is 12.9. The Bertz CT molecular complexity index is 1470. The second-order valence-corrected chi connectivity index (χ2v) is 10.2. The highest BCUT2D eigenvalue weighted by atomic mass is 79.9. The Balaban J connectivity index is 1.31. The van der Waals surface area contributed by atoms with Gasteiger partial charge in [-0.25, -0.2) is 9.50 Å². The summed E-state index contributed by atoms with van der Waals surface area (Å²) in [6.45, 7) is 3.78. The van der Waals surface area contributed by atoms with Gasteiger partial charge >= 0.3 is 0 Å². The SMILES string of the molecule is CC(C)(N)c1cccc(C(=O)Nc2ccc(Br)c(Oc3ccc4nc(NC(=O)C5CC5)cn4n3)c2)c1. The summed E-state index contributed by atoms with van der Waals surface area (Å²) < 4.78 is 8.22. The van der Waals surface area contributed by atoms with E-state index in [9.17, 15) is 9.59 Å². The summed E-state index contributed by atoms with van der Waals surface area (Å²) in [5.41, 5.74) is 8.14. The highest BCUT2D eigenvalue weighted by Crippen LogP contribution is 2.32. The molecule has 4 aromatic rings. The van der Waals surface area contributed by atoms with Gasteiger partial charge in [0, 0.05) is 34.8 Å². The van der Waals surface area contributed by atoms with E-state index in [-0.39, 0.29) is 17.7 Å². The smallest absolute Gasteiger partial charge is 0.255 e. The molecule has 4 N–H and O–H groups in total. The third kappa shape index (κ3) is 5.39. The normalized spacial score (nSPS) is 13.4. The summed E-state index contributed by atoms with van der Waals surface area (Å²) in [4.78, 5) is 29.2. The van der Waals surface area contributed by atoms with Crippen molar-refractivity contribution >= 4 is 44.9 Å². The molecule has 2 amide bonds. The number of amides is 2. The molecular formula is C26H25BrN6O3. The third-order valence-corrected chi connectivity index (χ3v) is 6.42. The lowest BCUT2D eigenvalue weighted by atomic mass is 9.94. The zero-order chi connectivity index (χ0) is 25.4. The highest BCUT2D eigenvalue weighted by Gasteiger charge is 2.30. The molecule has 9 nitrogen and oxygen atoms in total. The molecule has 2 aromatic carbocycles. The summed E-state index contributed by atoms with van der Waals surface area (Å²) in [6.07, 6.45) is 3.48. The van der Waals surface area contributed by atoms with Crippen LogP contribution in [0.1, 0.15) is 42.6 Å². The average molecular weight is 549 g/mol. The summed E-state index contributed by atoms with van der Waals surface area (Å²) in [6, 6.07) is 15.9. The van der Waals surface area contributed by atoms with Gasteiger partial charge in [0.25, 0.3) is 5.91 Å². The van der Waals surface area contributed by atoms with E-state index in [2.05, 4.69) is 36.6 Å². The second-order valence-electron chi connectivity index (χ2n) is 9.37. The van der Waals surface area contributed by atoms with Crippen LogP contribution in [0.25, 0.3) is 5.65 Å². The van der Waals surface area contributed by atoms with Crippen molar-refractivity contribution in [3.63, 3.8) is 0 Å². The number of fused-ring (bicyclic) bond motifs is 1. The van der Waals surface area contributed by atoms with Gasteiger partial charge < -0.3 is 21.1 Å². The molecule has 2 aromatic heterocycles. The Labute approximate surface area is 216 Å². The Morgan fingerprint density at radius 3 is 2.67 bits per heavy atom. The molecule has 10 heteroatoms. The molecule has 5 rings (SSSR count). The maximum Gasteiger partial charge on any atom is 0.255 e. The highest BCUT2D eigenvalue weighted by molar-refractivity contribution is 9.10. The molecule has 0 atom stereocenters. The number of rotatable bonds is 7. The Morgan fingerprint density at radius 2 is 1.92 bits per heavy atom. The van der Waals surface area contributed by atoms with Gasteiger partial charge in [0.2, 0.25) is 11.8 Å². The number of hydrogen-bond acceptors (Lipinski definition) is 6. The van der Waals surface area contributed by atoms with Gasteiger partial charge in [0.05, 0.1) is 10.7 Å². The first-order chi connectivity index (χ1) is 17.2. The average Bonchev–Trinajstić information content (AvgIpc) is 3.61. The predicted octanol–water partition coefficient (Wildman–Crippen LogP) is 5.08. The van der Waals surface area contributed by atoms with Crippen LogP contribution in [0.5, 0.6) is 11.6 Å². The van der Waals surface area contributed by atoms with Crippen molar-refractivity contribution in [2.24, 2.45) is 11.7 Å². The van der Waals surface area contributed by atoms with Crippen LogP contribution in [-0.4, -0.2) is 26.4 Å². The van der Waals surface area contributed by atoms with Crippen molar-refractivity contribution in [1.29, 1.82) is 0 Å². The van der Waals surface area contributed by atoms with Crippen LogP contribution < -0.4 is 21.1 Å². The molecule has 36 heavy (non-hydrogen) atoms. The number of nitrogens with one attached hydrogen (secondary N) is 2. The van der Waals surface area contributed by atoms with E-state index in [1.807, 2.05) is 26.0 Å². The van der Waals surface area contributed by atoms with E-state index < -0.39 is 5.54 Å². The number of aromatic nitrogens is 3. The summed E-state index contributed by atoms with van der Waals surface area (Å²) >= 11 is 3.48. The molecule has 2 heterocycles. The first-order valence-electron chi connectivity index (χ1n) is 11.5. The molecule has 1 aliphatic carbocycles. The van der Waals surface area contributed by atoms with Gasteiger partial charge in [-0.3, -0.25) is 9.59 Å². The van der Waals surface area contributed by atoms with Crippen molar-refractivity contribution in [3.05, 3.63) is 76.4 Å². The largest absolute Gasteiger partial charge is 0.436 e. The van der Waals surface area contributed by atoms with Crippen LogP contribution in [-0.2, 0) is 10.3 Å². The lowest BCUT2D eigenvalue weighted by Crippen LogP contribution is -2.29. The fraction of sp³-hybridized carbons (Fsp3) is 0.231. The summed E-state index contributed by atoms with van der Waals surface area (Å²) in [5, 5.41) is 10.1. The molecule has 0 aliphatic heterocycles. The lowest BCUT2D eigenvalue weighted by Gasteiger charge is -2.19. The molecule has 184 valence electrons. The molecule has 0 spiro atoms. The fourth-order valence-corrected chi connectivity index (χ4v) is 3.92. The fourth-order valence-electron chi connectivity index (χ4n) is 3.59. The van der Waals surface area contributed by atoms with E-state index in [0.29, 0.717) is 38.8 Å². The van der Waals surface area contributed by atoms with Crippen molar-refractivity contribution in [2.45, 2.75) is 32.2 Å².